The molecule has 38 heavy (non-hydrogen) atoms. The Bertz CT molecular complexity index is 1270. The minimum absolute atomic E-state index is 0.00356. The highest BCUT2D eigenvalue weighted by atomic mass is 16.5. The van der Waals surface area contributed by atoms with E-state index in [1.54, 1.807) is 42.5 Å². The lowest BCUT2D eigenvalue weighted by molar-refractivity contribution is -0.123. The third-order valence-electron chi connectivity index (χ3n) is 6.69. The Balaban J connectivity index is 1.93. The highest BCUT2D eigenvalue weighted by molar-refractivity contribution is 6.09. The number of carbonyl (C=O) groups is 3. The molecule has 0 unspecified atom stereocenters. The lowest BCUT2D eigenvalue weighted by Gasteiger charge is -2.32. The van der Waals surface area contributed by atoms with Gasteiger partial charge in [0.25, 0.3) is 5.91 Å². The highest BCUT2D eigenvalue weighted by Gasteiger charge is 2.37. The van der Waals surface area contributed by atoms with Gasteiger partial charge in [0.2, 0.25) is 11.7 Å². The van der Waals surface area contributed by atoms with Crippen LogP contribution >= 0.6 is 0 Å². The molecule has 0 saturated heterocycles. The molecule has 0 aliphatic heterocycles. The van der Waals surface area contributed by atoms with E-state index >= 15 is 0 Å². The van der Waals surface area contributed by atoms with Crippen molar-refractivity contribution >= 4 is 23.3 Å². The lowest BCUT2D eigenvalue weighted by atomic mass is 10.00. The number of nitrogens with zero attached hydrogens (tertiary/aromatic N) is 1. The fourth-order valence-corrected chi connectivity index (χ4v) is 4.80. The molecule has 1 atom stereocenters. The SMILES string of the molecule is COc1cc([C@H](C(=O)NC2CCCC2)N(C(=O)c2ccco2)c2cccc(C(C)=O)c2)cc(OC)c1OC. The van der Waals surface area contributed by atoms with Crippen molar-refractivity contribution in [1.29, 1.82) is 0 Å². The number of anilines is 1. The number of amides is 2. The molecule has 3 aromatic rings. The van der Waals surface area contributed by atoms with Gasteiger partial charge in [0.1, 0.15) is 6.04 Å². The van der Waals surface area contributed by atoms with E-state index in [-0.39, 0.29) is 23.5 Å². The number of furan rings is 1. The van der Waals surface area contributed by atoms with Crippen molar-refractivity contribution in [1.82, 2.24) is 5.32 Å². The van der Waals surface area contributed by atoms with Crippen molar-refractivity contribution in [3.8, 4) is 17.2 Å². The average molecular weight is 521 g/mol. The monoisotopic (exact) mass is 520 g/mol. The molecule has 1 heterocycles. The van der Waals surface area contributed by atoms with Gasteiger partial charge in [-0.05, 0) is 61.7 Å². The van der Waals surface area contributed by atoms with Crippen LogP contribution in [0.4, 0.5) is 5.69 Å². The summed E-state index contributed by atoms with van der Waals surface area (Å²) in [5, 5.41) is 3.13. The fourth-order valence-electron chi connectivity index (χ4n) is 4.80. The number of ether oxygens (including phenoxy) is 3. The van der Waals surface area contributed by atoms with Crippen molar-refractivity contribution in [2.75, 3.05) is 26.2 Å². The second-order valence-corrected chi connectivity index (χ2v) is 9.11. The summed E-state index contributed by atoms with van der Waals surface area (Å²) in [6.45, 7) is 1.45. The molecule has 1 fully saturated rings. The number of Topliss-reactive ketones (excluding diaryl/α,β-unsaturated/α-hetero) is 1. The lowest BCUT2D eigenvalue weighted by Crippen LogP contribution is -2.46. The normalized spacial score (nSPS) is 14.0. The largest absolute Gasteiger partial charge is 0.493 e. The Kier molecular flexibility index (Phi) is 8.35. The van der Waals surface area contributed by atoms with Gasteiger partial charge in [-0.15, -0.1) is 0 Å². The minimum Gasteiger partial charge on any atom is -0.493 e. The smallest absolute Gasteiger partial charge is 0.294 e. The topological polar surface area (TPSA) is 107 Å². The molecule has 0 radical (unpaired) electrons. The Morgan fingerprint density at radius 2 is 1.63 bits per heavy atom. The highest BCUT2D eigenvalue weighted by Crippen LogP contribution is 2.42. The van der Waals surface area contributed by atoms with Crippen LogP contribution in [-0.2, 0) is 4.79 Å². The van der Waals surface area contributed by atoms with Crippen molar-refractivity contribution in [3.05, 3.63) is 71.7 Å². The van der Waals surface area contributed by atoms with Crippen LogP contribution in [0.25, 0.3) is 0 Å². The molecule has 2 amide bonds. The van der Waals surface area contributed by atoms with Gasteiger partial charge in [-0.1, -0.05) is 25.0 Å². The molecule has 4 rings (SSSR count). The van der Waals surface area contributed by atoms with E-state index in [0.717, 1.165) is 25.7 Å². The number of methoxy groups -OCH3 is 3. The predicted molar refractivity (Wildman–Crippen MR) is 141 cm³/mol. The first kappa shape index (κ1) is 26.8. The minimum atomic E-state index is -1.15. The Morgan fingerprint density at radius 3 is 2.18 bits per heavy atom. The Hall–Kier alpha value is -4.27. The van der Waals surface area contributed by atoms with E-state index in [9.17, 15) is 14.4 Å². The van der Waals surface area contributed by atoms with Crippen LogP contribution in [-0.4, -0.2) is 45.0 Å². The number of benzene rings is 2. The van der Waals surface area contributed by atoms with Gasteiger partial charge in [0.15, 0.2) is 23.0 Å². The second kappa shape index (κ2) is 11.9. The van der Waals surface area contributed by atoms with Crippen LogP contribution in [0.2, 0.25) is 0 Å². The van der Waals surface area contributed by atoms with Crippen LogP contribution in [0.1, 0.15) is 65.1 Å². The maximum Gasteiger partial charge on any atom is 0.294 e. The Morgan fingerprint density at radius 1 is 0.947 bits per heavy atom. The summed E-state index contributed by atoms with van der Waals surface area (Å²) in [6.07, 6.45) is 5.16. The first-order valence-corrected chi connectivity index (χ1v) is 12.5. The molecule has 0 spiro atoms. The summed E-state index contributed by atoms with van der Waals surface area (Å²) in [5.41, 5.74) is 1.20. The summed E-state index contributed by atoms with van der Waals surface area (Å²) in [6, 6.07) is 11.9. The molecular formula is C29H32N2O7. The standard InChI is InChI=1S/C29H32N2O7/c1-18(32)19-9-7-12-22(15-19)31(29(34)23-13-8-14-38-23)26(28(33)30-21-10-5-6-11-21)20-16-24(35-2)27(37-4)25(17-20)36-3/h7-9,12-17,21,26H,5-6,10-11H2,1-4H3,(H,30,33)/t26-/m1/s1. The van der Waals surface area contributed by atoms with E-state index in [4.69, 9.17) is 18.6 Å². The van der Waals surface area contributed by atoms with Gasteiger partial charge in [-0.25, -0.2) is 0 Å². The molecule has 1 aliphatic carbocycles. The molecular weight excluding hydrogens is 488 g/mol. The van der Waals surface area contributed by atoms with Crippen molar-refractivity contribution in [3.63, 3.8) is 0 Å². The maximum absolute atomic E-state index is 14.0. The van der Waals surface area contributed by atoms with E-state index in [1.807, 2.05) is 0 Å². The van der Waals surface area contributed by atoms with Crippen LogP contribution < -0.4 is 24.4 Å². The quantitative estimate of drug-likeness (QED) is 0.377. The number of hydrogen-bond acceptors (Lipinski definition) is 7. The first-order valence-electron chi connectivity index (χ1n) is 12.5. The first-order chi connectivity index (χ1) is 18.4. The van der Waals surface area contributed by atoms with Crippen molar-refractivity contribution < 1.29 is 33.0 Å². The molecule has 1 saturated carbocycles. The number of nitrogens with one attached hydrogen (secondary N) is 1. The van der Waals surface area contributed by atoms with E-state index in [2.05, 4.69) is 5.32 Å². The fraction of sp³-hybridized carbons (Fsp3) is 0.345. The van der Waals surface area contributed by atoms with Crippen LogP contribution in [0.3, 0.4) is 0 Å². The number of carbonyl (C=O) groups excluding carboxylic acids is 3. The van der Waals surface area contributed by atoms with Gasteiger partial charge in [-0.3, -0.25) is 19.3 Å². The number of hydrogen-bond donors (Lipinski definition) is 1. The average Bonchev–Trinajstić information content (AvgIpc) is 3.65. The van der Waals surface area contributed by atoms with Crippen molar-refractivity contribution in [2.24, 2.45) is 0 Å². The van der Waals surface area contributed by atoms with Gasteiger partial charge in [0, 0.05) is 17.3 Å². The molecule has 1 aromatic heterocycles. The molecule has 0 bridgehead atoms. The summed E-state index contributed by atoms with van der Waals surface area (Å²) < 4.78 is 22.0. The van der Waals surface area contributed by atoms with Crippen molar-refractivity contribution in [2.45, 2.75) is 44.7 Å². The predicted octanol–water partition coefficient (Wildman–Crippen LogP) is 4.95. The zero-order valence-corrected chi connectivity index (χ0v) is 22.0. The van der Waals surface area contributed by atoms with E-state index in [0.29, 0.717) is 34.1 Å². The van der Waals surface area contributed by atoms with E-state index in [1.165, 1.54) is 45.5 Å². The maximum atomic E-state index is 14.0. The Labute approximate surface area is 221 Å². The molecule has 9 nitrogen and oxygen atoms in total. The summed E-state index contributed by atoms with van der Waals surface area (Å²) >= 11 is 0. The molecule has 1 aliphatic rings. The summed E-state index contributed by atoms with van der Waals surface area (Å²) in [5.74, 6) is -0.0142. The summed E-state index contributed by atoms with van der Waals surface area (Å²) in [7, 11) is 4.46. The molecule has 9 heteroatoms. The van der Waals surface area contributed by atoms with Crippen LogP contribution in [0.15, 0.2) is 59.2 Å². The van der Waals surface area contributed by atoms with Crippen LogP contribution in [0, 0.1) is 0 Å². The summed E-state index contributed by atoms with van der Waals surface area (Å²) in [4.78, 5) is 41.6. The second-order valence-electron chi connectivity index (χ2n) is 9.11. The third kappa shape index (κ3) is 5.51. The van der Waals surface area contributed by atoms with Gasteiger partial charge >= 0.3 is 0 Å². The molecule has 1 N–H and O–H groups in total. The van der Waals surface area contributed by atoms with Crippen LogP contribution in [0.5, 0.6) is 17.2 Å². The number of rotatable bonds is 10. The zero-order chi connectivity index (χ0) is 27.2. The van der Waals surface area contributed by atoms with Gasteiger partial charge < -0.3 is 23.9 Å². The zero-order valence-electron chi connectivity index (χ0n) is 22.0. The van der Waals surface area contributed by atoms with Gasteiger partial charge in [-0.2, -0.15) is 0 Å². The van der Waals surface area contributed by atoms with E-state index < -0.39 is 11.9 Å². The third-order valence-corrected chi connectivity index (χ3v) is 6.69. The molecule has 2 aromatic carbocycles. The van der Waals surface area contributed by atoms with Gasteiger partial charge in [0.05, 0.1) is 27.6 Å². The number of ketones is 1. The molecule has 200 valence electrons.